The Bertz CT molecular complexity index is 611. The maximum atomic E-state index is 5.46. The molecular weight excluding hydrogens is 304 g/mol. The zero-order valence-electron chi connectivity index (χ0n) is 13.9. The van der Waals surface area contributed by atoms with E-state index in [1.54, 1.807) is 0 Å². The molecule has 0 heterocycles. The molecule has 0 aliphatic heterocycles. The van der Waals surface area contributed by atoms with Crippen molar-refractivity contribution >= 4 is 23.0 Å². The molecule has 2 N–H and O–H groups in total. The number of rotatable bonds is 6. The molecule has 2 aromatic carbocycles. The molecule has 0 fully saturated rings. The molecule has 0 aliphatic carbocycles. The summed E-state index contributed by atoms with van der Waals surface area (Å²) in [6.07, 6.45) is 0. The minimum Gasteiger partial charge on any atom is -0.494 e. The van der Waals surface area contributed by atoms with Gasteiger partial charge in [-0.2, -0.15) is 0 Å². The Labute approximate surface area is 144 Å². The van der Waals surface area contributed by atoms with Gasteiger partial charge in [-0.3, -0.25) is 0 Å². The van der Waals surface area contributed by atoms with Crippen LogP contribution in [-0.4, -0.2) is 11.7 Å². The molecule has 0 saturated carbocycles. The van der Waals surface area contributed by atoms with Crippen molar-refractivity contribution in [3.63, 3.8) is 0 Å². The van der Waals surface area contributed by atoms with Gasteiger partial charge in [-0.25, -0.2) is 0 Å². The van der Waals surface area contributed by atoms with Crippen molar-refractivity contribution in [2.75, 3.05) is 11.9 Å². The van der Waals surface area contributed by atoms with Crippen LogP contribution in [0.4, 0.5) is 5.69 Å². The van der Waals surface area contributed by atoms with Crippen LogP contribution < -0.4 is 15.4 Å². The summed E-state index contributed by atoms with van der Waals surface area (Å²) in [5.41, 5.74) is 2.18. The minimum atomic E-state index is 0.180. The average Bonchev–Trinajstić information content (AvgIpc) is 2.55. The Kier molecular flexibility index (Phi) is 6.41. The van der Waals surface area contributed by atoms with Gasteiger partial charge in [-0.1, -0.05) is 44.2 Å². The highest BCUT2D eigenvalue weighted by atomic mass is 32.1. The molecule has 0 radical (unpaired) electrons. The maximum Gasteiger partial charge on any atom is 0.171 e. The minimum absolute atomic E-state index is 0.180. The summed E-state index contributed by atoms with van der Waals surface area (Å²) in [5, 5.41) is 7.26. The van der Waals surface area contributed by atoms with E-state index in [0.717, 1.165) is 11.4 Å². The van der Waals surface area contributed by atoms with E-state index in [-0.39, 0.29) is 6.04 Å². The number of thiocarbonyl (C=S) groups is 1. The Morgan fingerprint density at radius 3 is 2.26 bits per heavy atom. The first-order valence-electron chi connectivity index (χ1n) is 7.95. The molecule has 2 aromatic rings. The lowest BCUT2D eigenvalue weighted by molar-refractivity contribution is 0.340. The van der Waals surface area contributed by atoms with Gasteiger partial charge in [0.05, 0.1) is 12.6 Å². The van der Waals surface area contributed by atoms with Crippen LogP contribution in [0, 0.1) is 5.92 Å². The second-order valence-corrected chi connectivity index (χ2v) is 6.10. The molecule has 3 nitrogen and oxygen atoms in total. The average molecular weight is 328 g/mol. The van der Waals surface area contributed by atoms with Crippen molar-refractivity contribution in [1.82, 2.24) is 5.32 Å². The Hall–Kier alpha value is -2.07. The van der Waals surface area contributed by atoms with E-state index in [9.17, 15) is 0 Å². The van der Waals surface area contributed by atoms with E-state index in [1.165, 1.54) is 5.56 Å². The first-order valence-corrected chi connectivity index (χ1v) is 8.36. The Morgan fingerprint density at radius 2 is 1.70 bits per heavy atom. The third-order valence-electron chi connectivity index (χ3n) is 3.54. The number of benzene rings is 2. The fraction of sp³-hybridized carbons (Fsp3) is 0.316. The van der Waals surface area contributed by atoms with Gasteiger partial charge < -0.3 is 15.4 Å². The zero-order valence-corrected chi connectivity index (χ0v) is 14.7. The molecule has 4 heteroatoms. The number of hydrogen-bond donors (Lipinski definition) is 2. The standard InChI is InChI=1S/C19H24N2OS/c1-4-22-17-12-10-16(11-13-17)20-19(23)21-18(14(2)3)15-8-6-5-7-9-15/h5-14,18H,4H2,1-3H3,(H2,20,21,23)/t18-/m0/s1. The fourth-order valence-corrected chi connectivity index (χ4v) is 2.65. The molecule has 2 rings (SSSR count). The van der Waals surface area contributed by atoms with Crippen LogP contribution in [0.15, 0.2) is 54.6 Å². The number of hydrogen-bond acceptors (Lipinski definition) is 2. The summed E-state index contributed by atoms with van der Waals surface area (Å²) < 4.78 is 5.44. The van der Waals surface area contributed by atoms with E-state index < -0.39 is 0 Å². The van der Waals surface area contributed by atoms with Crippen LogP contribution >= 0.6 is 12.2 Å². The smallest absolute Gasteiger partial charge is 0.171 e. The van der Waals surface area contributed by atoms with Crippen LogP contribution in [0.1, 0.15) is 32.4 Å². The van der Waals surface area contributed by atoms with Crippen LogP contribution in [0.3, 0.4) is 0 Å². The van der Waals surface area contributed by atoms with E-state index in [4.69, 9.17) is 17.0 Å². The van der Waals surface area contributed by atoms with E-state index >= 15 is 0 Å². The third-order valence-corrected chi connectivity index (χ3v) is 3.76. The molecular formula is C19H24N2OS. The fourth-order valence-electron chi connectivity index (χ4n) is 2.40. The molecule has 0 amide bonds. The monoisotopic (exact) mass is 328 g/mol. The first kappa shape index (κ1) is 17.3. The maximum absolute atomic E-state index is 5.46. The van der Waals surface area contributed by atoms with E-state index in [0.29, 0.717) is 17.6 Å². The van der Waals surface area contributed by atoms with Crippen molar-refractivity contribution < 1.29 is 4.74 Å². The van der Waals surface area contributed by atoms with E-state index in [2.05, 4.69) is 48.7 Å². The van der Waals surface area contributed by atoms with Crippen LogP contribution in [0.5, 0.6) is 5.75 Å². The predicted molar refractivity (Wildman–Crippen MR) is 101 cm³/mol. The van der Waals surface area contributed by atoms with Gasteiger partial charge >= 0.3 is 0 Å². The third kappa shape index (κ3) is 5.25. The van der Waals surface area contributed by atoms with Crippen molar-refractivity contribution in [2.24, 2.45) is 5.92 Å². The van der Waals surface area contributed by atoms with Gasteiger partial charge in [-0.15, -0.1) is 0 Å². The lowest BCUT2D eigenvalue weighted by Crippen LogP contribution is -2.34. The Morgan fingerprint density at radius 1 is 1.04 bits per heavy atom. The van der Waals surface area contributed by atoms with Crippen molar-refractivity contribution in [3.05, 3.63) is 60.2 Å². The van der Waals surface area contributed by atoms with Gasteiger partial charge in [0.1, 0.15) is 5.75 Å². The van der Waals surface area contributed by atoms with Crippen LogP contribution in [0.2, 0.25) is 0 Å². The molecule has 0 spiro atoms. The predicted octanol–water partition coefficient (Wildman–Crippen LogP) is 4.77. The zero-order chi connectivity index (χ0) is 16.7. The van der Waals surface area contributed by atoms with Gasteiger partial charge in [0, 0.05) is 5.69 Å². The highest BCUT2D eigenvalue weighted by molar-refractivity contribution is 7.80. The van der Waals surface area contributed by atoms with Gasteiger partial charge in [0.15, 0.2) is 5.11 Å². The summed E-state index contributed by atoms with van der Waals surface area (Å²) >= 11 is 5.46. The summed E-state index contributed by atoms with van der Waals surface area (Å²) in [4.78, 5) is 0. The van der Waals surface area contributed by atoms with Gasteiger partial charge in [0.25, 0.3) is 0 Å². The normalized spacial score (nSPS) is 11.8. The lowest BCUT2D eigenvalue weighted by Gasteiger charge is -2.24. The second-order valence-electron chi connectivity index (χ2n) is 5.69. The molecule has 1 atom stereocenters. The highest BCUT2D eigenvalue weighted by Gasteiger charge is 2.16. The molecule has 0 aliphatic rings. The highest BCUT2D eigenvalue weighted by Crippen LogP contribution is 2.22. The van der Waals surface area contributed by atoms with Crippen molar-refractivity contribution in [3.8, 4) is 5.75 Å². The topological polar surface area (TPSA) is 33.3 Å². The largest absolute Gasteiger partial charge is 0.494 e. The summed E-state index contributed by atoms with van der Waals surface area (Å²) in [5.74, 6) is 1.29. The quantitative estimate of drug-likeness (QED) is 0.749. The molecule has 23 heavy (non-hydrogen) atoms. The summed E-state index contributed by atoms with van der Waals surface area (Å²) in [6, 6.07) is 18.4. The molecule has 0 saturated heterocycles. The van der Waals surface area contributed by atoms with Crippen molar-refractivity contribution in [1.29, 1.82) is 0 Å². The summed E-state index contributed by atoms with van der Waals surface area (Å²) in [7, 11) is 0. The lowest BCUT2D eigenvalue weighted by atomic mass is 9.96. The van der Waals surface area contributed by atoms with Gasteiger partial charge in [-0.05, 0) is 54.9 Å². The summed E-state index contributed by atoms with van der Waals surface area (Å²) in [6.45, 7) is 7.01. The number of ether oxygens (including phenoxy) is 1. The SMILES string of the molecule is CCOc1ccc(NC(=S)N[C@H](c2ccccc2)C(C)C)cc1. The molecule has 0 aromatic heterocycles. The number of anilines is 1. The number of nitrogens with one attached hydrogen (secondary N) is 2. The van der Waals surface area contributed by atoms with Gasteiger partial charge in [0.2, 0.25) is 0 Å². The van der Waals surface area contributed by atoms with Crippen LogP contribution in [0.25, 0.3) is 0 Å². The first-order chi connectivity index (χ1) is 11.1. The van der Waals surface area contributed by atoms with Crippen LogP contribution in [-0.2, 0) is 0 Å². The second kappa shape index (κ2) is 8.53. The van der Waals surface area contributed by atoms with E-state index in [1.807, 2.05) is 37.3 Å². The van der Waals surface area contributed by atoms with Crippen molar-refractivity contribution in [2.45, 2.75) is 26.8 Å². The Balaban J connectivity index is 1.99. The molecule has 0 unspecified atom stereocenters. The molecule has 122 valence electrons. The molecule has 0 bridgehead atoms.